The second-order valence-electron chi connectivity index (χ2n) is 4.23. The summed E-state index contributed by atoms with van der Waals surface area (Å²) in [6, 6.07) is 0.731. The zero-order valence-electron chi connectivity index (χ0n) is 9.61. The fraction of sp³-hybridized carbons (Fsp3) is 0.700. The summed E-state index contributed by atoms with van der Waals surface area (Å²) in [5.41, 5.74) is -0.678. The fourth-order valence-corrected chi connectivity index (χ4v) is 0.916. The minimum atomic E-state index is -1.18. The third kappa shape index (κ3) is 6.65. The van der Waals surface area contributed by atoms with Crippen molar-refractivity contribution in [2.75, 3.05) is 0 Å². The quantitative estimate of drug-likeness (QED) is 0.754. The van der Waals surface area contributed by atoms with Gasteiger partial charge < -0.3 is 15.2 Å². The molecule has 1 amide bonds. The van der Waals surface area contributed by atoms with Gasteiger partial charge in [-0.3, -0.25) is 0 Å². The highest BCUT2D eigenvalue weighted by molar-refractivity contribution is 5.79. The maximum Gasteiger partial charge on any atom is 0.408 e. The lowest BCUT2D eigenvalue weighted by Gasteiger charge is -2.21. The number of amides is 1. The van der Waals surface area contributed by atoms with Crippen molar-refractivity contribution < 1.29 is 19.4 Å². The van der Waals surface area contributed by atoms with Gasteiger partial charge in [-0.2, -0.15) is 5.26 Å². The van der Waals surface area contributed by atoms with Crippen molar-refractivity contribution in [3.63, 3.8) is 0 Å². The van der Waals surface area contributed by atoms with Gasteiger partial charge in [-0.25, -0.2) is 9.59 Å². The first-order valence-corrected chi connectivity index (χ1v) is 4.85. The van der Waals surface area contributed by atoms with Crippen molar-refractivity contribution in [2.45, 2.75) is 45.3 Å². The lowest BCUT2D eigenvalue weighted by molar-refractivity contribution is -0.139. The molecule has 0 unspecified atom stereocenters. The molecule has 90 valence electrons. The van der Waals surface area contributed by atoms with E-state index < -0.39 is 23.7 Å². The number of aliphatic carboxylic acids is 1. The lowest BCUT2D eigenvalue weighted by atomic mass is 10.1. The third-order valence-corrected chi connectivity index (χ3v) is 1.53. The molecule has 0 saturated carbocycles. The van der Waals surface area contributed by atoms with Crippen molar-refractivity contribution >= 4 is 12.1 Å². The summed E-state index contributed by atoms with van der Waals surface area (Å²) in [6.07, 6.45) is -0.671. The van der Waals surface area contributed by atoms with E-state index in [4.69, 9.17) is 15.1 Å². The van der Waals surface area contributed by atoms with E-state index >= 15 is 0 Å². The van der Waals surface area contributed by atoms with Gasteiger partial charge in [0.2, 0.25) is 0 Å². The molecule has 1 atom stereocenters. The minimum absolute atomic E-state index is 0.0606. The van der Waals surface area contributed by atoms with Gasteiger partial charge in [-0.05, 0) is 27.2 Å². The highest BCUT2D eigenvalue weighted by Crippen LogP contribution is 2.07. The summed E-state index contributed by atoms with van der Waals surface area (Å²) in [6.45, 7) is 5.03. The number of hydrogen-bond acceptors (Lipinski definition) is 4. The van der Waals surface area contributed by atoms with Crippen LogP contribution in [0.1, 0.15) is 33.6 Å². The van der Waals surface area contributed by atoms with Crippen LogP contribution in [0.2, 0.25) is 0 Å². The van der Waals surface area contributed by atoms with Gasteiger partial charge in [0, 0.05) is 6.42 Å². The Morgan fingerprint density at radius 2 is 2.06 bits per heavy atom. The number of nitriles is 1. The summed E-state index contributed by atoms with van der Waals surface area (Å²) >= 11 is 0. The maximum absolute atomic E-state index is 11.3. The smallest absolute Gasteiger partial charge is 0.408 e. The monoisotopic (exact) mass is 228 g/mol. The van der Waals surface area contributed by atoms with E-state index in [9.17, 15) is 9.59 Å². The van der Waals surface area contributed by atoms with Gasteiger partial charge in [0.05, 0.1) is 6.07 Å². The van der Waals surface area contributed by atoms with Gasteiger partial charge in [0.1, 0.15) is 11.6 Å². The Kier molecular flexibility index (Phi) is 5.30. The number of ether oxygens (including phenoxy) is 1. The predicted octanol–water partition coefficient (Wildman–Crippen LogP) is 1.27. The molecule has 6 nitrogen and oxygen atoms in total. The highest BCUT2D eigenvalue weighted by Gasteiger charge is 2.23. The number of nitrogens with one attached hydrogen (secondary N) is 1. The number of carbonyl (C=O) groups excluding carboxylic acids is 1. The fourth-order valence-electron chi connectivity index (χ4n) is 0.916. The average Bonchev–Trinajstić information content (AvgIpc) is 2.08. The normalized spacial score (nSPS) is 12.4. The number of hydrogen-bond donors (Lipinski definition) is 2. The summed E-state index contributed by atoms with van der Waals surface area (Å²) in [7, 11) is 0. The van der Waals surface area contributed by atoms with Gasteiger partial charge in [-0.1, -0.05) is 0 Å². The molecule has 0 radical (unpaired) electrons. The highest BCUT2D eigenvalue weighted by atomic mass is 16.6. The van der Waals surface area contributed by atoms with Gasteiger partial charge in [0.15, 0.2) is 0 Å². The molecule has 6 heteroatoms. The average molecular weight is 228 g/mol. The van der Waals surface area contributed by atoms with Crippen LogP contribution in [0.5, 0.6) is 0 Å². The van der Waals surface area contributed by atoms with Crippen molar-refractivity contribution in [3.05, 3.63) is 0 Å². The molecule has 0 aromatic heterocycles. The molecule has 0 aliphatic rings. The first kappa shape index (κ1) is 14.2. The first-order chi connectivity index (χ1) is 7.26. The lowest BCUT2D eigenvalue weighted by Crippen LogP contribution is -2.43. The number of nitrogens with zero attached hydrogens (tertiary/aromatic N) is 1. The predicted molar refractivity (Wildman–Crippen MR) is 55.6 cm³/mol. The van der Waals surface area contributed by atoms with E-state index in [1.54, 1.807) is 20.8 Å². The van der Waals surface area contributed by atoms with E-state index in [0.29, 0.717) is 0 Å². The Morgan fingerprint density at radius 3 is 2.44 bits per heavy atom. The SMILES string of the molecule is CC(C)(C)OC(=O)N[C@H](CCC#N)C(=O)O. The molecular weight excluding hydrogens is 212 g/mol. The zero-order chi connectivity index (χ0) is 12.8. The molecule has 2 N–H and O–H groups in total. The molecular formula is C10H16N2O4. The summed E-state index contributed by atoms with van der Waals surface area (Å²) < 4.78 is 4.90. The van der Waals surface area contributed by atoms with Crippen LogP contribution in [0.15, 0.2) is 0 Å². The molecule has 16 heavy (non-hydrogen) atoms. The van der Waals surface area contributed by atoms with Crippen LogP contribution < -0.4 is 5.32 Å². The maximum atomic E-state index is 11.3. The number of carboxylic acid groups (broad SMARTS) is 1. The molecule has 0 aliphatic heterocycles. The Morgan fingerprint density at radius 1 is 1.50 bits per heavy atom. The summed E-state index contributed by atoms with van der Waals surface area (Å²) in [4.78, 5) is 22.0. The minimum Gasteiger partial charge on any atom is -0.480 e. The topological polar surface area (TPSA) is 99.4 Å². The second kappa shape index (κ2) is 5.95. The second-order valence-corrected chi connectivity index (χ2v) is 4.23. The van der Waals surface area contributed by atoms with Crippen molar-refractivity contribution in [1.29, 1.82) is 5.26 Å². The van der Waals surface area contributed by atoms with E-state index in [1.165, 1.54) is 0 Å². The van der Waals surface area contributed by atoms with E-state index in [1.807, 2.05) is 6.07 Å². The zero-order valence-corrected chi connectivity index (χ0v) is 9.61. The van der Waals surface area contributed by atoms with Crippen molar-refractivity contribution in [2.24, 2.45) is 0 Å². The van der Waals surface area contributed by atoms with Gasteiger partial charge in [0.25, 0.3) is 0 Å². The Labute approximate surface area is 94.2 Å². The molecule has 0 rings (SSSR count). The van der Waals surface area contributed by atoms with Crippen LogP contribution in [0.4, 0.5) is 4.79 Å². The Hall–Kier alpha value is -1.77. The molecule has 0 heterocycles. The van der Waals surface area contributed by atoms with Crippen LogP contribution in [0.25, 0.3) is 0 Å². The van der Waals surface area contributed by atoms with Crippen LogP contribution in [0.3, 0.4) is 0 Å². The largest absolute Gasteiger partial charge is 0.480 e. The molecule has 0 fully saturated rings. The van der Waals surface area contributed by atoms with Crippen LogP contribution in [-0.4, -0.2) is 28.8 Å². The number of alkyl carbamates (subject to hydrolysis) is 1. The summed E-state index contributed by atoms with van der Waals surface area (Å²) in [5.74, 6) is -1.18. The first-order valence-electron chi connectivity index (χ1n) is 4.85. The van der Waals surface area contributed by atoms with E-state index in [-0.39, 0.29) is 12.8 Å². The molecule has 0 aliphatic carbocycles. The van der Waals surface area contributed by atoms with Gasteiger partial charge in [-0.15, -0.1) is 0 Å². The molecule has 0 bridgehead atoms. The number of rotatable bonds is 4. The molecule has 0 spiro atoms. The van der Waals surface area contributed by atoms with Crippen LogP contribution in [-0.2, 0) is 9.53 Å². The van der Waals surface area contributed by atoms with E-state index in [2.05, 4.69) is 5.32 Å². The summed E-state index contributed by atoms with van der Waals surface area (Å²) in [5, 5.41) is 19.3. The number of carboxylic acids is 1. The van der Waals surface area contributed by atoms with Gasteiger partial charge >= 0.3 is 12.1 Å². The number of carbonyl (C=O) groups is 2. The molecule has 0 aromatic carbocycles. The van der Waals surface area contributed by atoms with Crippen LogP contribution >= 0.6 is 0 Å². The van der Waals surface area contributed by atoms with E-state index in [0.717, 1.165) is 0 Å². The standard InChI is InChI=1S/C10H16N2O4/c1-10(2,3)16-9(15)12-7(8(13)14)5-4-6-11/h7H,4-5H2,1-3H3,(H,12,15)(H,13,14)/t7-/m1/s1. The van der Waals surface area contributed by atoms with Crippen molar-refractivity contribution in [1.82, 2.24) is 5.32 Å². The van der Waals surface area contributed by atoms with Crippen molar-refractivity contribution in [3.8, 4) is 6.07 Å². The molecule has 0 aromatic rings. The Bertz CT molecular complexity index is 301. The molecule has 0 saturated heterocycles. The third-order valence-electron chi connectivity index (χ3n) is 1.53. The Balaban J connectivity index is 4.25. The van der Waals surface area contributed by atoms with Crippen LogP contribution in [0, 0.1) is 11.3 Å².